The van der Waals surface area contributed by atoms with Gasteiger partial charge in [-0.1, -0.05) is 18.2 Å². The molecule has 1 aromatic heterocycles. The fourth-order valence-electron chi connectivity index (χ4n) is 4.62. The van der Waals surface area contributed by atoms with Crippen molar-refractivity contribution >= 4 is 16.9 Å². The largest absolute Gasteiger partial charge is 0.333 e. The molecule has 28 heavy (non-hydrogen) atoms. The SMILES string of the molecule is CC(=O)N1CCC[C@@H]1c1nc2ccccc2n1Cc1c(C)c(C)cc(C)c1C. The Morgan fingerprint density at radius 1 is 1.11 bits per heavy atom. The summed E-state index contributed by atoms with van der Waals surface area (Å²) in [6.07, 6.45) is 2.02. The van der Waals surface area contributed by atoms with Gasteiger partial charge in [-0.05, 0) is 80.5 Å². The highest BCUT2D eigenvalue weighted by molar-refractivity contribution is 5.77. The van der Waals surface area contributed by atoms with Crippen molar-refractivity contribution in [2.24, 2.45) is 0 Å². The first-order valence-electron chi connectivity index (χ1n) is 10.2. The van der Waals surface area contributed by atoms with Gasteiger partial charge in [0.15, 0.2) is 0 Å². The Labute approximate surface area is 167 Å². The molecule has 4 rings (SSSR count). The predicted octanol–water partition coefficient (Wildman–Crippen LogP) is 5.00. The average Bonchev–Trinajstić information content (AvgIpc) is 3.28. The lowest BCUT2D eigenvalue weighted by atomic mass is 9.94. The summed E-state index contributed by atoms with van der Waals surface area (Å²) < 4.78 is 2.34. The maximum absolute atomic E-state index is 12.2. The van der Waals surface area contributed by atoms with Crippen LogP contribution in [0.3, 0.4) is 0 Å². The van der Waals surface area contributed by atoms with Gasteiger partial charge in [0.05, 0.1) is 17.1 Å². The highest BCUT2D eigenvalue weighted by Crippen LogP contribution is 2.34. The van der Waals surface area contributed by atoms with E-state index in [4.69, 9.17) is 4.98 Å². The van der Waals surface area contributed by atoms with Crippen molar-refractivity contribution in [3.05, 3.63) is 64.0 Å². The number of likely N-dealkylation sites (tertiary alicyclic amines) is 1. The normalized spacial score (nSPS) is 16.9. The number of imidazole rings is 1. The molecule has 1 saturated heterocycles. The van der Waals surface area contributed by atoms with E-state index in [0.29, 0.717) is 0 Å². The van der Waals surface area contributed by atoms with Crippen LogP contribution in [0.5, 0.6) is 0 Å². The molecule has 4 nitrogen and oxygen atoms in total. The number of hydrogen-bond donors (Lipinski definition) is 0. The smallest absolute Gasteiger partial charge is 0.220 e. The van der Waals surface area contributed by atoms with Crippen LogP contribution in [0.4, 0.5) is 0 Å². The summed E-state index contributed by atoms with van der Waals surface area (Å²) in [4.78, 5) is 19.2. The van der Waals surface area contributed by atoms with Gasteiger partial charge in [-0.25, -0.2) is 4.98 Å². The predicted molar refractivity (Wildman–Crippen MR) is 114 cm³/mol. The molecule has 0 saturated carbocycles. The molecule has 4 heteroatoms. The summed E-state index contributed by atoms with van der Waals surface area (Å²) in [5, 5.41) is 0. The number of benzene rings is 2. The molecule has 0 N–H and O–H groups in total. The third-order valence-electron chi connectivity index (χ3n) is 6.48. The van der Waals surface area contributed by atoms with Crippen molar-refractivity contribution in [2.75, 3.05) is 6.54 Å². The van der Waals surface area contributed by atoms with Crippen LogP contribution in [-0.4, -0.2) is 26.9 Å². The van der Waals surface area contributed by atoms with E-state index in [2.05, 4.69) is 56.5 Å². The first-order valence-corrected chi connectivity index (χ1v) is 10.2. The van der Waals surface area contributed by atoms with Gasteiger partial charge < -0.3 is 9.47 Å². The van der Waals surface area contributed by atoms with Gasteiger partial charge >= 0.3 is 0 Å². The van der Waals surface area contributed by atoms with E-state index in [1.54, 1.807) is 6.92 Å². The van der Waals surface area contributed by atoms with E-state index >= 15 is 0 Å². The number of para-hydroxylation sites is 2. The van der Waals surface area contributed by atoms with E-state index in [0.717, 1.165) is 42.8 Å². The fourth-order valence-corrected chi connectivity index (χ4v) is 4.62. The monoisotopic (exact) mass is 375 g/mol. The second kappa shape index (κ2) is 7.08. The maximum atomic E-state index is 12.2. The number of hydrogen-bond acceptors (Lipinski definition) is 2. The molecule has 0 aliphatic carbocycles. The summed E-state index contributed by atoms with van der Waals surface area (Å²) in [6, 6.07) is 10.7. The number of amides is 1. The van der Waals surface area contributed by atoms with Crippen LogP contribution in [0, 0.1) is 27.7 Å². The number of rotatable bonds is 3. The molecule has 0 radical (unpaired) electrons. The van der Waals surface area contributed by atoms with Crippen LogP contribution < -0.4 is 0 Å². The van der Waals surface area contributed by atoms with Crippen LogP contribution in [-0.2, 0) is 11.3 Å². The van der Waals surface area contributed by atoms with E-state index in [9.17, 15) is 4.79 Å². The van der Waals surface area contributed by atoms with E-state index in [1.165, 1.54) is 27.8 Å². The summed E-state index contributed by atoms with van der Waals surface area (Å²) in [5.41, 5.74) is 8.88. The molecule has 2 aromatic carbocycles. The molecule has 0 spiro atoms. The standard InChI is InChI=1S/C24H29N3O/c1-15-13-16(2)18(4)20(17(15)3)14-27-22-10-7-6-9-21(22)25-24(27)23-11-8-12-26(23)19(5)28/h6-7,9-10,13,23H,8,11-12,14H2,1-5H3/t23-/m1/s1. The number of carbonyl (C=O) groups excluding carboxylic acids is 1. The summed E-state index contributed by atoms with van der Waals surface area (Å²) in [7, 11) is 0. The van der Waals surface area contributed by atoms with E-state index in [1.807, 2.05) is 11.0 Å². The van der Waals surface area contributed by atoms with Gasteiger partial charge in [0.25, 0.3) is 0 Å². The summed E-state index contributed by atoms with van der Waals surface area (Å²) in [5.74, 6) is 1.16. The zero-order valence-corrected chi connectivity index (χ0v) is 17.5. The molecule has 2 heterocycles. The summed E-state index contributed by atoms with van der Waals surface area (Å²) >= 11 is 0. The molecule has 3 aromatic rings. The first-order chi connectivity index (χ1) is 13.4. The molecule has 1 aliphatic rings. The second-order valence-electron chi connectivity index (χ2n) is 8.15. The topological polar surface area (TPSA) is 38.1 Å². The molecular weight excluding hydrogens is 346 g/mol. The van der Waals surface area contributed by atoms with Crippen LogP contribution in [0.1, 0.15) is 59.4 Å². The molecule has 1 atom stereocenters. The Morgan fingerprint density at radius 3 is 2.46 bits per heavy atom. The summed E-state index contributed by atoms with van der Waals surface area (Å²) in [6.45, 7) is 12.1. The van der Waals surface area contributed by atoms with Gasteiger partial charge in [-0.3, -0.25) is 4.79 Å². The van der Waals surface area contributed by atoms with Gasteiger partial charge in [0.2, 0.25) is 5.91 Å². The highest BCUT2D eigenvalue weighted by atomic mass is 16.2. The van der Waals surface area contributed by atoms with Crippen LogP contribution >= 0.6 is 0 Å². The van der Waals surface area contributed by atoms with Crippen LogP contribution in [0.25, 0.3) is 11.0 Å². The van der Waals surface area contributed by atoms with Crippen molar-refractivity contribution in [3.63, 3.8) is 0 Å². The van der Waals surface area contributed by atoms with Gasteiger partial charge in [0, 0.05) is 20.0 Å². The van der Waals surface area contributed by atoms with Crippen molar-refractivity contribution in [3.8, 4) is 0 Å². The lowest BCUT2D eigenvalue weighted by Crippen LogP contribution is -2.30. The van der Waals surface area contributed by atoms with Gasteiger partial charge in [-0.15, -0.1) is 0 Å². The average molecular weight is 376 g/mol. The van der Waals surface area contributed by atoms with Gasteiger partial charge in [-0.2, -0.15) is 0 Å². The van der Waals surface area contributed by atoms with E-state index in [-0.39, 0.29) is 11.9 Å². The minimum absolute atomic E-state index is 0.0661. The zero-order valence-electron chi connectivity index (χ0n) is 17.5. The number of fused-ring (bicyclic) bond motifs is 1. The maximum Gasteiger partial charge on any atom is 0.220 e. The van der Waals surface area contributed by atoms with Crippen molar-refractivity contribution in [2.45, 2.75) is 60.0 Å². The number of nitrogens with zero attached hydrogens (tertiary/aromatic N) is 3. The molecule has 146 valence electrons. The lowest BCUT2D eigenvalue weighted by Gasteiger charge is -2.25. The zero-order chi connectivity index (χ0) is 20.0. The minimum Gasteiger partial charge on any atom is -0.333 e. The number of carbonyl (C=O) groups is 1. The van der Waals surface area contributed by atoms with Crippen molar-refractivity contribution < 1.29 is 4.79 Å². The minimum atomic E-state index is 0.0661. The number of aromatic nitrogens is 2. The van der Waals surface area contributed by atoms with Crippen LogP contribution in [0.15, 0.2) is 30.3 Å². The van der Waals surface area contributed by atoms with Gasteiger partial charge in [0.1, 0.15) is 5.82 Å². The Balaban J connectivity index is 1.89. The Kier molecular flexibility index (Phi) is 4.74. The molecule has 1 fully saturated rings. The molecule has 0 unspecified atom stereocenters. The van der Waals surface area contributed by atoms with E-state index < -0.39 is 0 Å². The van der Waals surface area contributed by atoms with Crippen molar-refractivity contribution in [1.29, 1.82) is 0 Å². The Morgan fingerprint density at radius 2 is 1.79 bits per heavy atom. The van der Waals surface area contributed by atoms with Crippen molar-refractivity contribution in [1.82, 2.24) is 14.5 Å². The second-order valence-corrected chi connectivity index (χ2v) is 8.15. The highest BCUT2D eigenvalue weighted by Gasteiger charge is 2.32. The molecule has 1 amide bonds. The molecule has 0 bridgehead atoms. The fraction of sp³-hybridized carbons (Fsp3) is 0.417. The Hall–Kier alpha value is -2.62. The quantitative estimate of drug-likeness (QED) is 0.646. The first kappa shape index (κ1) is 18.7. The third-order valence-corrected chi connectivity index (χ3v) is 6.48. The number of aryl methyl sites for hydroxylation is 2. The lowest BCUT2D eigenvalue weighted by molar-refractivity contribution is -0.129. The Bertz CT molecular complexity index is 1040. The molecule has 1 aliphatic heterocycles. The third kappa shape index (κ3) is 3.01. The van der Waals surface area contributed by atoms with Crippen LogP contribution in [0.2, 0.25) is 0 Å². The molecular formula is C24H29N3O.